The van der Waals surface area contributed by atoms with Crippen LogP contribution in [-0.2, 0) is 16.0 Å². The Morgan fingerprint density at radius 3 is 1.93 bits per heavy atom. The van der Waals surface area contributed by atoms with E-state index in [1.165, 1.54) is 29.8 Å². The number of hydrogen-bond donors (Lipinski definition) is 0. The van der Waals surface area contributed by atoms with Crippen LogP contribution in [0.25, 0.3) is 0 Å². The van der Waals surface area contributed by atoms with Crippen molar-refractivity contribution in [3.63, 3.8) is 0 Å². The molecule has 0 radical (unpaired) electrons. The van der Waals surface area contributed by atoms with Gasteiger partial charge in [0.1, 0.15) is 17.2 Å². The van der Waals surface area contributed by atoms with E-state index in [-0.39, 0.29) is 5.75 Å². The molecule has 9 nitrogen and oxygen atoms in total. The molecule has 46 heavy (non-hydrogen) atoms. The molecule has 9 heteroatoms. The Balaban J connectivity index is 1.24. The highest BCUT2D eigenvalue weighted by molar-refractivity contribution is 5.93. The van der Waals surface area contributed by atoms with Crippen LogP contribution < -0.4 is 14.2 Å². The van der Waals surface area contributed by atoms with Crippen LogP contribution in [0.3, 0.4) is 0 Å². The minimum atomic E-state index is -0.549. The summed E-state index contributed by atoms with van der Waals surface area (Å²) in [6.07, 6.45) is 4.61. The molecule has 0 atom stereocenters. The van der Waals surface area contributed by atoms with Crippen molar-refractivity contribution in [2.45, 2.75) is 39.5 Å². The average Bonchev–Trinajstić information content (AvgIpc) is 3.07. The Bertz CT molecular complexity index is 1660. The highest BCUT2D eigenvalue weighted by Crippen LogP contribution is 2.27. The molecule has 0 unspecified atom stereocenters. The summed E-state index contributed by atoms with van der Waals surface area (Å²) in [5.41, 5.74) is 4.05. The van der Waals surface area contributed by atoms with E-state index in [4.69, 9.17) is 18.9 Å². The van der Waals surface area contributed by atoms with Crippen LogP contribution >= 0.6 is 0 Å². The smallest absolute Gasteiger partial charge is 0.343 e. The largest absolute Gasteiger partial charge is 0.494 e. The third-order valence-electron chi connectivity index (χ3n) is 6.73. The number of unbranched alkanes of at least 4 members (excludes halogenated alkanes) is 1. The Labute approximate surface area is 268 Å². The summed E-state index contributed by atoms with van der Waals surface area (Å²) in [6.45, 7) is 8.06. The van der Waals surface area contributed by atoms with Crippen LogP contribution in [0.1, 0.15) is 58.0 Å². The van der Waals surface area contributed by atoms with E-state index in [0.717, 1.165) is 30.2 Å². The maximum atomic E-state index is 12.8. The zero-order chi connectivity index (χ0) is 32.7. The molecule has 0 N–H and O–H groups in total. The number of nitrogens with zero attached hydrogens (tertiary/aromatic N) is 2. The number of esters is 3. The Hall–Kier alpha value is -5.57. The van der Waals surface area contributed by atoms with Crippen LogP contribution in [-0.4, -0.2) is 31.1 Å². The Morgan fingerprint density at radius 1 is 0.717 bits per heavy atom. The number of carbonyl (C=O) groups excluding carboxylic acids is 3. The number of azo groups is 1. The zero-order valence-electron chi connectivity index (χ0n) is 25.9. The second-order valence-corrected chi connectivity index (χ2v) is 10.3. The normalized spacial score (nSPS) is 10.7. The predicted octanol–water partition coefficient (Wildman–Crippen LogP) is 8.69. The lowest BCUT2D eigenvalue weighted by Gasteiger charge is -2.09. The van der Waals surface area contributed by atoms with Crippen LogP contribution in [0.4, 0.5) is 11.4 Å². The SMILES string of the molecule is C=CC(=O)OCCCCOc1ccc(C(=O)Oc2ccc(C(=O)Oc3ccc(N=Nc4ccc(CCC)cc4)cc3C)cc2)cc1. The van der Waals surface area contributed by atoms with Crippen LogP contribution in [0.2, 0.25) is 0 Å². The third-order valence-corrected chi connectivity index (χ3v) is 6.73. The van der Waals surface area contributed by atoms with Gasteiger partial charge >= 0.3 is 17.9 Å². The highest BCUT2D eigenvalue weighted by Gasteiger charge is 2.13. The topological polar surface area (TPSA) is 113 Å². The third kappa shape index (κ3) is 10.3. The molecule has 0 saturated carbocycles. The van der Waals surface area contributed by atoms with Crippen molar-refractivity contribution in [2.75, 3.05) is 13.2 Å². The van der Waals surface area contributed by atoms with E-state index in [9.17, 15) is 14.4 Å². The molecule has 236 valence electrons. The van der Waals surface area contributed by atoms with Gasteiger partial charge in [0.25, 0.3) is 0 Å². The van der Waals surface area contributed by atoms with Crippen molar-refractivity contribution in [1.29, 1.82) is 0 Å². The first kappa shape index (κ1) is 33.3. The minimum absolute atomic E-state index is 0.282. The van der Waals surface area contributed by atoms with Gasteiger partial charge in [0.2, 0.25) is 0 Å². The standard InChI is InChI=1S/C37H36N2O7/c1-4-8-27-9-15-30(16-10-27)38-39-31-17-22-34(26(3)25-31)46-37(42)29-13-20-33(21-14-29)45-36(41)28-11-18-32(19-12-28)43-23-6-7-24-44-35(40)5-2/h5,9-22,25H,2,4,6-8,23-24H2,1,3H3. The number of benzene rings is 4. The summed E-state index contributed by atoms with van der Waals surface area (Å²) < 4.78 is 21.6. The van der Waals surface area contributed by atoms with Crippen molar-refractivity contribution in [1.82, 2.24) is 0 Å². The number of aryl methyl sites for hydroxylation is 2. The van der Waals surface area contributed by atoms with Gasteiger partial charge < -0.3 is 18.9 Å². The summed E-state index contributed by atoms with van der Waals surface area (Å²) in [4.78, 5) is 36.4. The zero-order valence-corrected chi connectivity index (χ0v) is 25.9. The molecule has 0 bridgehead atoms. The Morgan fingerprint density at radius 2 is 1.30 bits per heavy atom. The van der Waals surface area contributed by atoms with E-state index in [0.29, 0.717) is 54.4 Å². The van der Waals surface area contributed by atoms with Gasteiger partial charge in [0, 0.05) is 6.08 Å². The molecule has 0 aliphatic carbocycles. The summed E-state index contributed by atoms with van der Waals surface area (Å²) in [5, 5.41) is 8.60. The maximum Gasteiger partial charge on any atom is 0.343 e. The van der Waals surface area contributed by atoms with Crippen LogP contribution in [0, 0.1) is 6.92 Å². The van der Waals surface area contributed by atoms with Crippen LogP contribution in [0.5, 0.6) is 17.2 Å². The average molecular weight is 621 g/mol. The van der Waals surface area contributed by atoms with Crippen molar-refractivity contribution < 1.29 is 33.3 Å². The molecular formula is C37H36N2O7. The van der Waals surface area contributed by atoms with Crippen molar-refractivity contribution in [2.24, 2.45) is 10.2 Å². The van der Waals surface area contributed by atoms with Gasteiger partial charge in [-0.3, -0.25) is 0 Å². The quantitative estimate of drug-likeness (QED) is 0.0429. The second kappa shape index (κ2) is 17.1. The summed E-state index contributed by atoms with van der Waals surface area (Å²) in [6, 6.07) is 25.9. The number of rotatable bonds is 15. The molecule has 4 rings (SSSR count). The molecule has 4 aromatic carbocycles. The van der Waals surface area contributed by atoms with E-state index >= 15 is 0 Å². The number of ether oxygens (including phenoxy) is 4. The fourth-order valence-electron chi connectivity index (χ4n) is 4.24. The first-order valence-electron chi connectivity index (χ1n) is 15.0. The first-order valence-corrected chi connectivity index (χ1v) is 15.0. The molecule has 0 heterocycles. The van der Waals surface area contributed by atoms with Gasteiger partial charge in [-0.1, -0.05) is 32.1 Å². The molecule has 0 saturated heterocycles. The molecule has 0 aliphatic heterocycles. The molecule has 0 amide bonds. The molecule has 4 aromatic rings. The lowest BCUT2D eigenvalue weighted by Crippen LogP contribution is -2.10. The molecular weight excluding hydrogens is 584 g/mol. The fourth-order valence-corrected chi connectivity index (χ4v) is 4.24. The first-order chi connectivity index (χ1) is 22.3. The van der Waals surface area contributed by atoms with Gasteiger partial charge in [-0.2, -0.15) is 10.2 Å². The summed E-state index contributed by atoms with van der Waals surface area (Å²) in [5.74, 6) is -0.248. The van der Waals surface area contributed by atoms with Crippen molar-refractivity contribution in [3.8, 4) is 17.2 Å². The van der Waals surface area contributed by atoms with Crippen molar-refractivity contribution >= 4 is 29.3 Å². The predicted molar refractivity (Wildman–Crippen MR) is 174 cm³/mol. The molecule has 0 fully saturated rings. The van der Waals surface area contributed by atoms with E-state index in [1.54, 1.807) is 42.5 Å². The van der Waals surface area contributed by atoms with Gasteiger partial charge in [-0.15, -0.1) is 0 Å². The molecule has 0 aliphatic rings. The van der Waals surface area contributed by atoms with E-state index < -0.39 is 17.9 Å². The second-order valence-electron chi connectivity index (χ2n) is 10.3. The van der Waals surface area contributed by atoms with Crippen LogP contribution in [0.15, 0.2) is 114 Å². The summed E-state index contributed by atoms with van der Waals surface area (Å²) in [7, 11) is 0. The maximum absolute atomic E-state index is 12.8. The minimum Gasteiger partial charge on any atom is -0.494 e. The van der Waals surface area contributed by atoms with Gasteiger partial charge in [-0.25, -0.2) is 14.4 Å². The van der Waals surface area contributed by atoms with E-state index in [1.807, 2.05) is 19.1 Å². The Kier molecular flexibility index (Phi) is 12.4. The molecule has 0 aromatic heterocycles. The van der Waals surface area contributed by atoms with Gasteiger partial charge in [0.05, 0.1) is 35.7 Å². The van der Waals surface area contributed by atoms with Gasteiger partial charge in [0.15, 0.2) is 0 Å². The van der Waals surface area contributed by atoms with E-state index in [2.05, 4.69) is 35.9 Å². The summed E-state index contributed by atoms with van der Waals surface area (Å²) >= 11 is 0. The number of hydrogen-bond acceptors (Lipinski definition) is 9. The van der Waals surface area contributed by atoms with Crippen molar-refractivity contribution in [3.05, 3.63) is 126 Å². The lowest BCUT2D eigenvalue weighted by molar-refractivity contribution is -0.137. The highest BCUT2D eigenvalue weighted by atomic mass is 16.5. The monoisotopic (exact) mass is 620 g/mol. The lowest BCUT2D eigenvalue weighted by atomic mass is 10.1. The molecule has 0 spiro atoms. The number of carbonyl (C=O) groups is 3. The van der Waals surface area contributed by atoms with Gasteiger partial charge in [-0.05, 0) is 116 Å². The fraction of sp³-hybridized carbons (Fsp3) is 0.216.